The lowest BCUT2D eigenvalue weighted by molar-refractivity contribution is -0.385. The Bertz CT molecular complexity index is 717. The molecule has 24 heavy (non-hydrogen) atoms. The molecular weight excluding hydrogens is 361 g/mol. The first-order valence-electron chi connectivity index (χ1n) is 7.05. The maximum Gasteiger partial charge on any atom is 0.358 e. The van der Waals surface area contributed by atoms with E-state index in [-0.39, 0.29) is 0 Å². The van der Waals surface area contributed by atoms with Gasteiger partial charge in [-0.3, -0.25) is 18.9 Å². The smallest absolute Gasteiger partial charge is 0.304 e. The molecule has 0 aliphatic rings. The Morgan fingerprint density at radius 3 is 2.17 bits per heavy atom. The number of non-ortho nitro benzene ring substituents is 1. The Morgan fingerprint density at radius 1 is 1.17 bits per heavy atom. The molecule has 0 amide bonds. The lowest BCUT2D eigenvalue weighted by Crippen LogP contribution is -2.15. The van der Waals surface area contributed by atoms with E-state index in [9.17, 15) is 23.1 Å². The number of hydrogen-bond acceptors (Lipinski definition) is 8. The van der Waals surface area contributed by atoms with Crippen LogP contribution in [0.3, 0.4) is 0 Å². The van der Waals surface area contributed by atoms with Crippen LogP contribution in [0.25, 0.3) is 0 Å². The molecule has 0 aromatic heterocycles. The lowest BCUT2D eigenvalue weighted by Gasteiger charge is -2.22. The quantitative estimate of drug-likeness (QED) is 0.276. The average molecular weight is 381 g/mol. The SMILES string of the molecule is CC(C)OP(=O)(COS(=O)(=O)c1cccc([N+](=O)[O-])c1)OC(C)C. The van der Waals surface area contributed by atoms with E-state index in [0.29, 0.717) is 0 Å². The van der Waals surface area contributed by atoms with Crippen molar-refractivity contribution in [2.24, 2.45) is 0 Å². The summed E-state index contributed by atoms with van der Waals surface area (Å²) in [6.07, 6.45) is -1.77. The summed E-state index contributed by atoms with van der Waals surface area (Å²) >= 11 is 0. The zero-order chi connectivity index (χ0) is 18.5. The third kappa shape index (κ3) is 6.29. The molecule has 0 radical (unpaired) electrons. The molecule has 9 nitrogen and oxygen atoms in total. The lowest BCUT2D eigenvalue weighted by atomic mass is 10.3. The number of benzene rings is 1. The van der Waals surface area contributed by atoms with E-state index in [1.165, 1.54) is 6.07 Å². The second-order valence-electron chi connectivity index (χ2n) is 5.37. The van der Waals surface area contributed by atoms with Gasteiger partial charge in [0.1, 0.15) is 4.90 Å². The van der Waals surface area contributed by atoms with Gasteiger partial charge in [-0.15, -0.1) is 0 Å². The Kier molecular flexibility index (Phi) is 7.06. The topological polar surface area (TPSA) is 122 Å². The first kappa shape index (κ1) is 20.7. The first-order valence-corrected chi connectivity index (χ1v) is 10.2. The number of nitrogens with zero attached hydrogens (tertiary/aromatic N) is 1. The van der Waals surface area contributed by atoms with Gasteiger partial charge >= 0.3 is 7.60 Å². The van der Waals surface area contributed by atoms with Crippen molar-refractivity contribution >= 4 is 23.4 Å². The van der Waals surface area contributed by atoms with Gasteiger partial charge in [-0.1, -0.05) is 6.07 Å². The molecule has 0 fully saturated rings. The molecule has 0 bridgehead atoms. The monoisotopic (exact) mass is 381 g/mol. The molecule has 0 saturated carbocycles. The standard InChI is InChI=1S/C13H20NO8PS/c1-10(2)21-23(17,22-11(3)4)9-20-24(18,19)13-7-5-6-12(8-13)14(15)16/h5-8,10-11H,9H2,1-4H3. The molecule has 1 aromatic rings. The number of nitro groups is 1. The van der Waals surface area contributed by atoms with Crippen molar-refractivity contribution in [2.75, 3.05) is 6.35 Å². The molecule has 1 aromatic carbocycles. The number of hydrogen-bond donors (Lipinski definition) is 0. The molecule has 0 atom stereocenters. The minimum Gasteiger partial charge on any atom is -0.304 e. The van der Waals surface area contributed by atoms with Gasteiger partial charge in [-0.25, -0.2) is 0 Å². The predicted molar refractivity (Wildman–Crippen MR) is 86.3 cm³/mol. The molecular formula is C13H20NO8PS. The highest BCUT2D eigenvalue weighted by atomic mass is 32.2. The molecule has 136 valence electrons. The normalized spacial score (nSPS) is 12.8. The van der Waals surface area contributed by atoms with Gasteiger partial charge < -0.3 is 9.05 Å². The van der Waals surface area contributed by atoms with E-state index in [4.69, 9.17) is 13.2 Å². The van der Waals surface area contributed by atoms with Crippen molar-refractivity contribution in [1.82, 2.24) is 0 Å². The fourth-order valence-corrected chi connectivity index (χ4v) is 4.86. The van der Waals surface area contributed by atoms with Crippen LogP contribution < -0.4 is 0 Å². The van der Waals surface area contributed by atoms with E-state index in [1.54, 1.807) is 27.7 Å². The molecule has 0 aliphatic carbocycles. The first-order chi connectivity index (χ1) is 10.9. The summed E-state index contributed by atoms with van der Waals surface area (Å²) < 4.78 is 52.0. The Labute approximate surface area is 140 Å². The van der Waals surface area contributed by atoms with Crippen LogP contribution in [0.1, 0.15) is 27.7 Å². The Morgan fingerprint density at radius 2 is 1.71 bits per heavy atom. The molecule has 0 spiro atoms. The minimum atomic E-state index is -4.36. The van der Waals surface area contributed by atoms with Crippen molar-refractivity contribution in [1.29, 1.82) is 0 Å². The van der Waals surface area contributed by atoms with Gasteiger partial charge in [-0.05, 0) is 33.8 Å². The van der Waals surface area contributed by atoms with Gasteiger partial charge in [0, 0.05) is 12.1 Å². The van der Waals surface area contributed by atoms with Crippen LogP contribution in [0.5, 0.6) is 0 Å². The van der Waals surface area contributed by atoms with Crippen molar-refractivity contribution in [3.05, 3.63) is 34.4 Å². The van der Waals surface area contributed by atoms with Crippen molar-refractivity contribution in [2.45, 2.75) is 44.8 Å². The fraction of sp³-hybridized carbons (Fsp3) is 0.538. The van der Waals surface area contributed by atoms with E-state index >= 15 is 0 Å². The zero-order valence-corrected chi connectivity index (χ0v) is 15.5. The molecule has 0 N–H and O–H groups in total. The van der Waals surface area contributed by atoms with Crippen LogP contribution >= 0.6 is 7.60 Å². The third-order valence-corrected chi connectivity index (χ3v) is 5.79. The summed E-state index contributed by atoms with van der Waals surface area (Å²) in [4.78, 5) is 9.58. The van der Waals surface area contributed by atoms with E-state index in [1.807, 2.05) is 0 Å². The summed E-state index contributed by atoms with van der Waals surface area (Å²) in [5.74, 6) is 0. The highest BCUT2D eigenvalue weighted by Gasteiger charge is 2.31. The highest BCUT2D eigenvalue weighted by molar-refractivity contribution is 7.87. The van der Waals surface area contributed by atoms with Crippen LogP contribution in [-0.4, -0.2) is 31.9 Å². The third-order valence-electron chi connectivity index (χ3n) is 2.43. The summed E-state index contributed by atoms with van der Waals surface area (Å²) in [5.41, 5.74) is -0.403. The van der Waals surface area contributed by atoms with Crippen molar-refractivity contribution in [3.8, 4) is 0 Å². The zero-order valence-electron chi connectivity index (χ0n) is 13.7. The van der Waals surface area contributed by atoms with Gasteiger partial charge in [0.25, 0.3) is 15.8 Å². The van der Waals surface area contributed by atoms with Crippen LogP contribution in [0.15, 0.2) is 29.2 Å². The molecule has 0 saturated heterocycles. The second-order valence-corrected chi connectivity index (χ2v) is 8.89. The van der Waals surface area contributed by atoms with Crippen LogP contribution in [0.2, 0.25) is 0 Å². The summed E-state index contributed by atoms with van der Waals surface area (Å²) in [6.45, 7) is 6.47. The predicted octanol–water partition coefficient (Wildman–Crippen LogP) is 3.30. The van der Waals surface area contributed by atoms with Gasteiger partial charge in [0.15, 0.2) is 6.35 Å². The van der Waals surface area contributed by atoms with Gasteiger partial charge in [0.05, 0.1) is 17.1 Å². The van der Waals surface area contributed by atoms with Crippen molar-refractivity contribution in [3.63, 3.8) is 0 Å². The highest BCUT2D eigenvalue weighted by Crippen LogP contribution is 2.50. The maximum atomic E-state index is 12.5. The fourth-order valence-electron chi connectivity index (χ4n) is 1.68. The van der Waals surface area contributed by atoms with E-state index in [0.717, 1.165) is 18.2 Å². The Balaban J connectivity index is 2.98. The Hall–Kier alpha value is -1.32. The summed E-state index contributed by atoms with van der Waals surface area (Å²) in [6, 6.07) is 4.35. The minimum absolute atomic E-state index is 0.403. The molecule has 0 aliphatic heterocycles. The van der Waals surface area contributed by atoms with Gasteiger partial charge in [-0.2, -0.15) is 8.42 Å². The van der Waals surface area contributed by atoms with Crippen LogP contribution in [0.4, 0.5) is 5.69 Å². The number of nitro benzene ring substituents is 1. The molecule has 0 heterocycles. The second kappa shape index (κ2) is 8.17. The van der Waals surface area contributed by atoms with Crippen LogP contribution in [0, 0.1) is 10.1 Å². The maximum absolute atomic E-state index is 12.5. The van der Waals surface area contributed by atoms with Crippen molar-refractivity contribution < 1.29 is 31.1 Å². The average Bonchev–Trinajstić information content (AvgIpc) is 2.44. The molecule has 1 rings (SSSR count). The summed E-state index contributed by atoms with van der Waals surface area (Å²) in [7, 11) is -8.17. The van der Waals surface area contributed by atoms with E-state index in [2.05, 4.69) is 0 Å². The summed E-state index contributed by atoms with van der Waals surface area (Å²) in [5, 5.41) is 10.7. The van der Waals surface area contributed by atoms with Crippen LogP contribution in [-0.2, 0) is 27.9 Å². The van der Waals surface area contributed by atoms with Gasteiger partial charge in [0.2, 0.25) is 0 Å². The largest absolute Gasteiger partial charge is 0.358 e. The van der Waals surface area contributed by atoms with E-state index < -0.39 is 51.8 Å². The molecule has 0 unspecified atom stereocenters. The number of rotatable bonds is 9. The molecule has 11 heteroatoms.